The van der Waals surface area contributed by atoms with Gasteiger partial charge in [0.1, 0.15) is 5.82 Å². The Kier molecular flexibility index (Phi) is 5.33. The summed E-state index contributed by atoms with van der Waals surface area (Å²) in [5.41, 5.74) is 0.394. The first-order valence-corrected chi connectivity index (χ1v) is 9.79. The highest BCUT2D eigenvalue weighted by molar-refractivity contribution is 7.89. The first kappa shape index (κ1) is 19.1. The molecule has 1 atom stereocenters. The predicted octanol–water partition coefficient (Wildman–Crippen LogP) is 2.34. The summed E-state index contributed by atoms with van der Waals surface area (Å²) in [5, 5.41) is 2.66. The molecule has 2 N–H and O–H groups in total. The van der Waals surface area contributed by atoms with Gasteiger partial charge in [0, 0.05) is 6.54 Å². The number of carbonyl (C=O) groups excluding carboxylic acids is 1. The zero-order valence-electron chi connectivity index (χ0n) is 14.8. The quantitative estimate of drug-likeness (QED) is 0.784. The molecule has 0 spiro atoms. The van der Waals surface area contributed by atoms with E-state index in [1.807, 2.05) is 0 Å². The van der Waals surface area contributed by atoms with E-state index in [2.05, 4.69) is 10.0 Å². The Balaban J connectivity index is 1.81. The maximum atomic E-state index is 14.1. The van der Waals surface area contributed by atoms with Gasteiger partial charge < -0.3 is 14.8 Å². The number of benzene rings is 2. The van der Waals surface area contributed by atoms with Gasteiger partial charge in [-0.25, -0.2) is 17.5 Å². The SMILES string of the molecule is CCNS(=O)(=O)c1ccc(F)c(C(=O)NC(C)c2ccc3c(c2)OCO3)c1. The Morgan fingerprint density at radius 1 is 1.19 bits per heavy atom. The lowest BCUT2D eigenvalue weighted by atomic mass is 10.1. The van der Waals surface area contributed by atoms with Crippen molar-refractivity contribution >= 4 is 15.9 Å². The van der Waals surface area contributed by atoms with Gasteiger partial charge in [-0.15, -0.1) is 0 Å². The maximum absolute atomic E-state index is 14.1. The topological polar surface area (TPSA) is 93.7 Å². The zero-order chi connectivity index (χ0) is 19.6. The van der Waals surface area contributed by atoms with Crippen molar-refractivity contribution < 1.29 is 27.1 Å². The number of fused-ring (bicyclic) bond motifs is 1. The molecule has 1 aliphatic rings. The minimum atomic E-state index is -3.80. The third-order valence-corrected chi connectivity index (χ3v) is 5.61. The Labute approximate surface area is 156 Å². The average molecular weight is 394 g/mol. The number of amides is 1. The first-order chi connectivity index (χ1) is 12.8. The molecule has 7 nitrogen and oxygen atoms in total. The zero-order valence-corrected chi connectivity index (χ0v) is 15.6. The number of halogens is 1. The Morgan fingerprint density at radius 2 is 1.93 bits per heavy atom. The second-order valence-corrected chi connectivity index (χ2v) is 7.72. The van der Waals surface area contributed by atoms with Crippen LogP contribution >= 0.6 is 0 Å². The molecule has 144 valence electrons. The first-order valence-electron chi connectivity index (χ1n) is 8.31. The van der Waals surface area contributed by atoms with Gasteiger partial charge in [0.05, 0.1) is 16.5 Å². The number of ether oxygens (including phenoxy) is 2. The van der Waals surface area contributed by atoms with Gasteiger partial charge in [0.2, 0.25) is 16.8 Å². The van der Waals surface area contributed by atoms with Crippen molar-refractivity contribution in [3.05, 3.63) is 53.3 Å². The van der Waals surface area contributed by atoms with Crippen LogP contribution in [0.15, 0.2) is 41.3 Å². The molecule has 0 radical (unpaired) electrons. The van der Waals surface area contributed by atoms with E-state index in [4.69, 9.17) is 9.47 Å². The van der Waals surface area contributed by atoms with Gasteiger partial charge in [-0.3, -0.25) is 4.79 Å². The van der Waals surface area contributed by atoms with Crippen LogP contribution in [0.2, 0.25) is 0 Å². The van der Waals surface area contributed by atoms with Crippen LogP contribution in [0.4, 0.5) is 4.39 Å². The van der Waals surface area contributed by atoms with Crippen LogP contribution in [0.5, 0.6) is 11.5 Å². The Morgan fingerprint density at radius 3 is 2.67 bits per heavy atom. The Bertz CT molecular complexity index is 978. The summed E-state index contributed by atoms with van der Waals surface area (Å²) in [6, 6.07) is 7.87. The van der Waals surface area contributed by atoms with Gasteiger partial charge >= 0.3 is 0 Å². The van der Waals surface area contributed by atoms with Crippen molar-refractivity contribution in [1.82, 2.24) is 10.0 Å². The molecular formula is C18H19FN2O5S. The van der Waals surface area contributed by atoms with E-state index in [0.717, 1.165) is 23.8 Å². The molecule has 1 heterocycles. The van der Waals surface area contributed by atoms with E-state index in [-0.39, 0.29) is 23.8 Å². The normalized spacial score (nSPS) is 14.0. The summed E-state index contributed by atoms with van der Waals surface area (Å²) in [6.07, 6.45) is 0. The standard InChI is InChI=1S/C18H19FN2O5S/c1-3-20-27(23,24)13-5-6-15(19)14(9-13)18(22)21-11(2)12-4-7-16-17(8-12)26-10-25-16/h4-9,11,20H,3,10H2,1-2H3,(H,21,22). The number of carbonyl (C=O) groups is 1. The number of hydrogen-bond acceptors (Lipinski definition) is 5. The fourth-order valence-electron chi connectivity index (χ4n) is 2.66. The molecule has 27 heavy (non-hydrogen) atoms. The summed E-state index contributed by atoms with van der Waals surface area (Å²) in [6.45, 7) is 3.68. The van der Waals surface area contributed by atoms with E-state index in [9.17, 15) is 17.6 Å². The van der Waals surface area contributed by atoms with Gasteiger partial charge in [0.25, 0.3) is 5.91 Å². The lowest BCUT2D eigenvalue weighted by molar-refractivity contribution is 0.0935. The van der Waals surface area contributed by atoms with Crippen molar-refractivity contribution in [3.8, 4) is 11.5 Å². The second kappa shape index (κ2) is 7.53. The Hall–Kier alpha value is -2.65. The molecule has 0 saturated carbocycles. The highest BCUT2D eigenvalue weighted by atomic mass is 32.2. The van der Waals surface area contributed by atoms with Crippen LogP contribution in [-0.2, 0) is 10.0 Å². The molecule has 2 aromatic carbocycles. The molecule has 0 fully saturated rings. The van der Waals surface area contributed by atoms with Crippen LogP contribution in [0.25, 0.3) is 0 Å². The number of nitrogens with one attached hydrogen (secondary N) is 2. The van der Waals surface area contributed by atoms with Crippen molar-refractivity contribution in [2.24, 2.45) is 0 Å². The van der Waals surface area contributed by atoms with E-state index in [1.54, 1.807) is 32.0 Å². The molecule has 0 aliphatic carbocycles. The van der Waals surface area contributed by atoms with Crippen LogP contribution in [0.1, 0.15) is 35.8 Å². The third kappa shape index (κ3) is 4.04. The summed E-state index contributed by atoms with van der Waals surface area (Å²) < 4.78 is 51.1. The highest BCUT2D eigenvalue weighted by Crippen LogP contribution is 2.34. The monoisotopic (exact) mass is 394 g/mol. The lowest BCUT2D eigenvalue weighted by Crippen LogP contribution is -2.28. The van der Waals surface area contributed by atoms with E-state index in [1.165, 1.54) is 0 Å². The molecule has 1 amide bonds. The van der Waals surface area contributed by atoms with Gasteiger partial charge in [-0.2, -0.15) is 0 Å². The van der Waals surface area contributed by atoms with E-state index in [0.29, 0.717) is 11.5 Å². The largest absolute Gasteiger partial charge is 0.454 e. The highest BCUT2D eigenvalue weighted by Gasteiger charge is 2.21. The number of hydrogen-bond donors (Lipinski definition) is 2. The van der Waals surface area contributed by atoms with Gasteiger partial charge in [0.15, 0.2) is 11.5 Å². The molecule has 2 aromatic rings. The number of sulfonamides is 1. The molecule has 0 saturated heterocycles. The van der Waals surface area contributed by atoms with E-state index >= 15 is 0 Å². The van der Waals surface area contributed by atoms with Gasteiger partial charge in [-0.05, 0) is 42.8 Å². The molecule has 1 unspecified atom stereocenters. The van der Waals surface area contributed by atoms with Crippen LogP contribution in [0, 0.1) is 5.82 Å². The molecular weight excluding hydrogens is 375 g/mol. The number of rotatable bonds is 6. The summed E-state index contributed by atoms with van der Waals surface area (Å²) in [4.78, 5) is 12.3. The molecule has 0 bridgehead atoms. The van der Waals surface area contributed by atoms with Crippen LogP contribution in [0.3, 0.4) is 0 Å². The van der Waals surface area contributed by atoms with Crippen LogP contribution < -0.4 is 19.5 Å². The summed E-state index contributed by atoms with van der Waals surface area (Å²) in [7, 11) is -3.80. The molecule has 9 heteroatoms. The molecule has 0 aromatic heterocycles. The predicted molar refractivity (Wildman–Crippen MR) is 95.7 cm³/mol. The van der Waals surface area contributed by atoms with E-state index < -0.39 is 27.8 Å². The maximum Gasteiger partial charge on any atom is 0.254 e. The van der Waals surface area contributed by atoms with Gasteiger partial charge in [-0.1, -0.05) is 13.0 Å². The molecule has 3 rings (SSSR count). The summed E-state index contributed by atoms with van der Waals surface area (Å²) in [5.74, 6) is -0.338. The van der Waals surface area contributed by atoms with Crippen LogP contribution in [-0.4, -0.2) is 27.7 Å². The average Bonchev–Trinajstić information content (AvgIpc) is 3.09. The third-order valence-electron chi connectivity index (χ3n) is 4.07. The van der Waals surface area contributed by atoms with Crippen molar-refractivity contribution in [2.45, 2.75) is 24.8 Å². The van der Waals surface area contributed by atoms with Crippen molar-refractivity contribution in [1.29, 1.82) is 0 Å². The van der Waals surface area contributed by atoms with Crippen molar-refractivity contribution in [2.75, 3.05) is 13.3 Å². The van der Waals surface area contributed by atoms with Crippen molar-refractivity contribution in [3.63, 3.8) is 0 Å². The molecule has 1 aliphatic heterocycles. The fraction of sp³-hybridized carbons (Fsp3) is 0.278. The second-order valence-electron chi connectivity index (χ2n) is 5.95. The summed E-state index contributed by atoms with van der Waals surface area (Å²) >= 11 is 0. The lowest BCUT2D eigenvalue weighted by Gasteiger charge is -2.16. The fourth-order valence-corrected chi connectivity index (χ4v) is 3.73. The minimum Gasteiger partial charge on any atom is -0.454 e. The minimum absolute atomic E-state index is 0.137. The smallest absolute Gasteiger partial charge is 0.254 e.